The van der Waals surface area contributed by atoms with E-state index in [9.17, 15) is 28.3 Å². The van der Waals surface area contributed by atoms with Crippen LogP contribution in [0.2, 0.25) is 0 Å². The molecule has 0 spiro atoms. The van der Waals surface area contributed by atoms with Gasteiger partial charge in [0.15, 0.2) is 11.4 Å². The number of nitrogens with zero attached hydrogens (tertiary/aromatic N) is 1. The molecule has 31 heavy (non-hydrogen) atoms. The van der Waals surface area contributed by atoms with Gasteiger partial charge in [-0.3, -0.25) is 14.4 Å². The van der Waals surface area contributed by atoms with Gasteiger partial charge >= 0.3 is 0 Å². The zero-order valence-corrected chi connectivity index (χ0v) is 17.0. The van der Waals surface area contributed by atoms with E-state index in [4.69, 9.17) is 0 Å². The first-order chi connectivity index (χ1) is 14.8. The summed E-state index contributed by atoms with van der Waals surface area (Å²) in [5.41, 5.74) is -1.62. The fraction of sp³-hybridized carbons (Fsp3) is 0.409. The third-order valence-corrected chi connectivity index (χ3v) is 6.29. The third-order valence-electron chi connectivity index (χ3n) is 6.29. The normalized spacial score (nSPS) is 22.4. The molecule has 1 aromatic heterocycles. The van der Waals surface area contributed by atoms with Crippen LogP contribution >= 0.6 is 0 Å². The summed E-state index contributed by atoms with van der Waals surface area (Å²) in [7, 11) is 0. The average Bonchev–Trinajstić information content (AvgIpc) is 3.52. The monoisotopic (exact) mass is 431 g/mol. The van der Waals surface area contributed by atoms with Crippen LogP contribution in [-0.4, -0.2) is 39.4 Å². The Morgan fingerprint density at radius 1 is 1.32 bits per heavy atom. The molecule has 0 bridgehead atoms. The molecule has 1 saturated heterocycles. The number of pyridine rings is 1. The van der Waals surface area contributed by atoms with Gasteiger partial charge in [-0.25, -0.2) is 8.78 Å². The van der Waals surface area contributed by atoms with Crippen LogP contribution in [0.1, 0.15) is 52.6 Å². The van der Waals surface area contributed by atoms with E-state index in [-0.39, 0.29) is 23.8 Å². The standard InChI is InChI=1S/C22H23F2N3O4/c1-11-15-7-12(15)3-2-6-27(11)22(31)18-20(29)19(28)16(10-25-18)21(30)26-9-13-4-5-14(23)8-17(13)24/h4-5,8,10-12,15,29H,2-3,6-7,9H2,1H3,(H,25,28)(H,26,30)/t11-,12?,15+/m1/s1. The largest absolute Gasteiger partial charge is 0.503 e. The number of halogens is 2. The number of benzene rings is 1. The molecule has 9 heteroatoms. The second kappa shape index (κ2) is 8.13. The zero-order chi connectivity index (χ0) is 22.3. The Bertz CT molecular complexity index is 1100. The van der Waals surface area contributed by atoms with Gasteiger partial charge in [-0.1, -0.05) is 6.07 Å². The molecule has 1 aliphatic heterocycles. The zero-order valence-electron chi connectivity index (χ0n) is 17.0. The minimum atomic E-state index is -0.994. The fourth-order valence-corrected chi connectivity index (χ4v) is 4.37. The van der Waals surface area contributed by atoms with Crippen molar-refractivity contribution in [3.8, 4) is 5.75 Å². The lowest BCUT2D eigenvalue weighted by molar-refractivity contribution is 0.0670. The van der Waals surface area contributed by atoms with E-state index < -0.39 is 40.2 Å². The summed E-state index contributed by atoms with van der Waals surface area (Å²) < 4.78 is 26.7. The first-order valence-electron chi connectivity index (χ1n) is 10.3. The number of aromatic nitrogens is 1. The third kappa shape index (κ3) is 4.04. The van der Waals surface area contributed by atoms with Gasteiger partial charge < -0.3 is 20.3 Å². The Balaban J connectivity index is 1.50. The summed E-state index contributed by atoms with van der Waals surface area (Å²) in [4.78, 5) is 42.1. The molecule has 2 fully saturated rings. The van der Waals surface area contributed by atoms with Crippen LogP contribution < -0.4 is 10.7 Å². The summed E-state index contributed by atoms with van der Waals surface area (Å²) in [6, 6.07) is 2.93. The van der Waals surface area contributed by atoms with Crippen LogP contribution in [0.5, 0.6) is 5.75 Å². The van der Waals surface area contributed by atoms with Crippen molar-refractivity contribution < 1.29 is 23.5 Å². The second-order valence-corrected chi connectivity index (χ2v) is 8.21. The van der Waals surface area contributed by atoms with E-state index in [2.05, 4.69) is 10.3 Å². The number of rotatable bonds is 4. The number of H-pyrrole nitrogens is 1. The number of carbonyl (C=O) groups is 2. The molecule has 7 nitrogen and oxygen atoms in total. The van der Waals surface area contributed by atoms with E-state index in [1.807, 2.05) is 6.92 Å². The first kappa shape index (κ1) is 21.0. The molecule has 3 N–H and O–H groups in total. The van der Waals surface area contributed by atoms with E-state index in [1.54, 1.807) is 4.90 Å². The molecule has 1 saturated carbocycles. The van der Waals surface area contributed by atoms with E-state index in [0.717, 1.165) is 31.5 Å². The van der Waals surface area contributed by atoms with Crippen LogP contribution in [0.3, 0.4) is 0 Å². The SMILES string of the molecule is C[C@@H]1[C@@H]2CC2CCCN1C(=O)c1[nH]cc(C(=O)NCc2ccc(F)cc2F)c(=O)c1O. The number of amides is 2. The predicted octanol–water partition coefficient (Wildman–Crippen LogP) is 2.55. The highest BCUT2D eigenvalue weighted by Gasteiger charge is 2.46. The van der Waals surface area contributed by atoms with Crippen LogP contribution in [0.15, 0.2) is 29.2 Å². The van der Waals surface area contributed by atoms with Gasteiger partial charge in [0.25, 0.3) is 11.8 Å². The smallest absolute Gasteiger partial charge is 0.274 e. The summed E-state index contributed by atoms with van der Waals surface area (Å²) in [6.45, 7) is 2.24. The van der Waals surface area contributed by atoms with Crippen molar-refractivity contribution in [2.24, 2.45) is 11.8 Å². The number of nitrogens with one attached hydrogen (secondary N) is 2. The second-order valence-electron chi connectivity index (χ2n) is 8.21. The van der Waals surface area contributed by atoms with Crippen molar-refractivity contribution >= 4 is 11.8 Å². The van der Waals surface area contributed by atoms with E-state index >= 15 is 0 Å². The highest BCUT2D eigenvalue weighted by Crippen LogP contribution is 2.48. The summed E-state index contributed by atoms with van der Waals surface area (Å²) >= 11 is 0. The Kier molecular flexibility index (Phi) is 5.51. The summed E-state index contributed by atoms with van der Waals surface area (Å²) in [5, 5.41) is 12.7. The highest BCUT2D eigenvalue weighted by molar-refractivity contribution is 5.98. The molecule has 2 amide bonds. The molecular formula is C22H23F2N3O4. The molecule has 2 aliphatic rings. The maximum atomic E-state index is 13.7. The molecule has 2 aromatic rings. The number of aromatic hydroxyl groups is 1. The summed E-state index contributed by atoms with van der Waals surface area (Å²) in [5.74, 6) is -2.66. The molecule has 164 valence electrons. The van der Waals surface area contributed by atoms with Crippen molar-refractivity contribution in [3.05, 3.63) is 63.1 Å². The number of carbonyl (C=O) groups excluding carboxylic acids is 2. The summed E-state index contributed by atoms with van der Waals surface area (Å²) in [6.07, 6.45) is 4.08. The number of hydrogen-bond donors (Lipinski definition) is 3. The topological polar surface area (TPSA) is 103 Å². The van der Waals surface area contributed by atoms with Crippen molar-refractivity contribution in [2.45, 2.75) is 38.8 Å². The van der Waals surface area contributed by atoms with E-state index in [0.29, 0.717) is 24.4 Å². The van der Waals surface area contributed by atoms with Crippen LogP contribution in [0.4, 0.5) is 8.78 Å². The molecule has 4 rings (SSSR count). The minimum Gasteiger partial charge on any atom is -0.503 e. The Labute approximate surface area is 177 Å². The van der Waals surface area contributed by atoms with Gasteiger partial charge in [0, 0.05) is 37.0 Å². The maximum Gasteiger partial charge on any atom is 0.274 e. The number of hydrogen-bond acceptors (Lipinski definition) is 4. The van der Waals surface area contributed by atoms with Gasteiger partial charge in [0.05, 0.1) is 0 Å². The first-order valence-corrected chi connectivity index (χ1v) is 10.3. The van der Waals surface area contributed by atoms with Crippen molar-refractivity contribution in [1.29, 1.82) is 0 Å². The quantitative estimate of drug-likeness (QED) is 0.692. The molecule has 0 radical (unpaired) electrons. The van der Waals surface area contributed by atoms with Crippen LogP contribution in [0.25, 0.3) is 0 Å². The van der Waals surface area contributed by atoms with Crippen LogP contribution in [-0.2, 0) is 6.54 Å². The van der Waals surface area contributed by atoms with Gasteiger partial charge in [-0.2, -0.15) is 0 Å². The lowest BCUT2D eigenvalue weighted by atomic mass is 10.1. The van der Waals surface area contributed by atoms with Crippen molar-refractivity contribution in [3.63, 3.8) is 0 Å². The van der Waals surface area contributed by atoms with Gasteiger partial charge in [-0.15, -0.1) is 0 Å². The molecule has 1 aromatic carbocycles. The Hall–Kier alpha value is -3.23. The Morgan fingerprint density at radius 2 is 2.10 bits per heavy atom. The molecule has 3 atom stereocenters. The average molecular weight is 431 g/mol. The molecule has 2 heterocycles. The van der Waals surface area contributed by atoms with Gasteiger partial charge in [-0.05, 0) is 44.1 Å². The molecular weight excluding hydrogens is 408 g/mol. The number of likely N-dealkylation sites (tertiary alicyclic amines) is 1. The van der Waals surface area contributed by atoms with E-state index in [1.165, 1.54) is 6.07 Å². The minimum absolute atomic E-state index is 0.0106. The van der Waals surface area contributed by atoms with Crippen molar-refractivity contribution in [2.75, 3.05) is 6.54 Å². The van der Waals surface area contributed by atoms with Crippen molar-refractivity contribution in [1.82, 2.24) is 15.2 Å². The fourth-order valence-electron chi connectivity index (χ4n) is 4.37. The highest BCUT2D eigenvalue weighted by atomic mass is 19.1. The Morgan fingerprint density at radius 3 is 2.84 bits per heavy atom. The van der Waals surface area contributed by atoms with Gasteiger partial charge in [0.2, 0.25) is 5.43 Å². The van der Waals surface area contributed by atoms with Gasteiger partial charge in [0.1, 0.15) is 17.2 Å². The lowest BCUT2D eigenvalue weighted by Gasteiger charge is -2.28. The maximum absolute atomic E-state index is 13.7. The molecule has 1 aliphatic carbocycles. The number of fused-ring (bicyclic) bond motifs is 1. The molecule has 1 unspecified atom stereocenters. The number of aromatic amines is 1. The predicted molar refractivity (Wildman–Crippen MR) is 108 cm³/mol. The van der Waals surface area contributed by atoms with Crippen LogP contribution in [0, 0.1) is 23.5 Å². The lowest BCUT2D eigenvalue weighted by Crippen LogP contribution is -2.41.